The minimum absolute atomic E-state index is 0.304. The molecule has 22 heavy (non-hydrogen) atoms. The Labute approximate surface area is 133 Å². The van der Waals surface area contributed by atoms with Gasteiger partial charge < -0.3 is 14.4 Å². The molecule has 0 aromatic heterocycles. The molecule has 1 saturated carbocycles. The number of hydrogen-bond acceptors (Lipinski definition) is 3. The Morgan fingerprint density at radius 3 is 2.86 bits per heavy atom. The summed E-state index contributed by atoms with van der Waals surface area (Å²) in [5.74, 6) is 1.78. The molecule has 0 spiro atoms. The highest BCUT2D eigenvalue weighted by Crippen LogP contribution is 2.56. The molecule has 2 aliphatic carbocycles. The summed E-state index contributed by atoms with van der Waals surface area (Å²) in [5.41, 5.74) is 3.39. The number of rotatable bonds is 2. The number of nitrogens with zero attached hydrogens (tertiary/aromatic N) is 1. The topological polar surface area (TPSA) is 21.7 Å². The van der Waals surface area contributed by atoms with E-state index in [1.54, 1.807) is 12.7 Å². The first-order valence-corrected chi connectivity index (χ1v) is 8.58. The fraction of sp³-hybridized carbons (Fsp3) is 0.684. The number of methoxy groups -OCH3 is 2. The summed E-state index contributed by atoms with van der Waals surface area (Å²) < 4.78 is 11.3. The van der Waals surface area contributed by atoms with E-state index in [1.807, 2.05) is 7.11 Å². The molecule has 2 bridgehead atoms. The average Bonchev–Trinajstić information content (AvgIpc) is 2.57. The highest BCUT2D eigenvalue weighted by molar-refractivity contribution is 5.45. The zero-order valence-corrected chi connectivity index (χ0v) is 14.0. The molecular weight excluding hydrogens is 274 g/mol. The Bertz CT molecular complexity index is 573. The van der Waals surface area contributed by atoms with Crippen LogP contribution < -0.4 is 4.74 Å². The van der Waals surface area contributed by atoms with Crippen LogP contribution in [0.4, 0.5) is 0 Å². The molecule has 2 fully saturated rings. The predicted molar refractivity (Wildman–Crippen MR) is 87.5 cm³/mol. The maximum Gasteiger partial charge on any atom is 0.119 e. The predicted octanol–water partition coefficient (Wildman–Crippen LogP) is 3.01. The van der Waals surface area contributed by atoms with Crippen LogP contribution in [0.3, 0.4) is 0 Å². The summed E-state index contributed by atoms with van der Waals surface area (Å²) in [4.78, 5) is 2.60. The van der Waals surface area contributed by atoms with Crippen LogP contribution in [0, 0.1) is 5.92 Å². The van der Waals surface area contributed by atoms with Gasteiger partial charge >= 0.3 is 0 Å². The second-order valence-corrected chi connectivity index (χ2v) is 7.43. The summed E-state index contributed by atoms with van der Waals surface area (Å²) in [6.45, 7) is 1.20. The minimum atomic E-state index is 0.304. The van der Waals surface area contributed by atoms with Gasteiger partial charge in [0.05, 0.1) is 13.2 Å². The summed E-state index contributed by atoms with van der Waals surface area (Å²) in [6, 6.07) is 7.45. The average molecular weight is 301 g/mol. The van der Waals surface area contributed by atoms with Crippen LogP contribution in [-0.4, -0.2) is 44.9 Å². The standard InChI is InChI=1S/C19H27NO2/c1-20-9-8-19-12-15(22-3)6-7-16(19)18(20)10-13-4-5-14(21-2)11-17(13)19/h4-5,11,15-16,18H,6-10,12H2,1-3H3/t15-,16+,18-,19+/m1/s1. The number of piperidine rings is 1. The molecule has 3 aliphatic rings. The van der Waals surface area contributed by atoms with Crippen LogP contribution in [0.5, 0.6) is 5.75 Å². The maximum atomic E-state index is 5.78. The third-order valence-electron chi connectivity index (χ3n) is 6.66. The quantitative estimate of drug-likeness (QED) is 0.838. The summed E-state index contributed by atoms with van der Waals surface area (Å²) in [5, 5.41) is 0. The monoisotopic (exact) mass is 301 g/mol. The number of hydrogen-bond donors (Lipinski definition) is 0. The molecule has 0 unspecified atom stereocenters. The highest BCUT2D eigenvalue weighted by Gasteiger charge is 2.55. The van der Waals surface area contributed by atoms with Crippen molar-refractivity contribution in [3.63, 3.8) is 0 Å². The molecule has 0 radical (unpaired) electrons. The Morgan fingerprint density at radius 2 is 2.09 bits per heavy atom. The van der Waals surface area contributed by atoms with Crippen LogP contribution in [-0.2, 0) is 16.6 Å². The van der Waals surface area contributed by atoms with Gasteiger partial charge in [-0.25, -0.2) is 0 Å². The summed E-state index contributed by atoms with van der Waals surface area (Å²) in [7, 11) is 5.96. The first-order chi connectivity index (χ1) is 10.7. The van der Waals surface area contributed by atoms with Crippen molar-refractivity contribution in [2.45, 2.75) is 49.7 Å². The number of fused-ring (bicyclic) bond motifs is 1. The van der Waals surface area contributed by atoms with Gasteiger partial charge in [0.2, 0.25) is 0 Å². The van der Waals surface area contributed by atoms with Crippen LogP contribution in [0.1, 0.15) is 36.8 Å². The van der Waals surface area contributed by atoms with E-state index in [-0.39, 0.29) is 0 Å². The lowest BCUT2D eigenvalue weighted by Crippen LogP contribution is -2.61. The SMILES string of the molecule is COc1ccc2c(c1)[C@]13CCN(C)[C@H](C2)[C@@H]1CC[C@@H](OC)C3. The zero-order valence-electron chi connectivity index (χ0n) is 14.0. The normalized spacial score (nSPS) is 37.3. The molecule has 1 aliphatic heterocycles. The van der Waals surface area contributed by atoms with E-state index in [0.29, 0.717) is 17.6 Å². The van der Waals surface area contributed by atoms with E-state index in [2.05, 4.69) is 30.1 Å². The number of benzene rings is 1. The lowest BCUT2D eigenvalue weighted by Gasteiger charge is -2.59. The molecule has 1 aromatic carbocycles. The Hall–Kier alpha value is -1.06. The second kappa shape index (κ2) is 5.24. The Kier molecular flexibility index (Phi) is 3.46. The lowest BCUT2D eigenvalue weighted by atomic mass is 9.52. The van der Waals surface area contributed by atoms with Crippen molar-refractivity contribution < 1.29 is 9.47 Å². The molecule has 3 heteroatoms. The van der Waals surface area contributed by atoms with Gasteiger partial charge in [-0.05, 0) is 74.9 Å². The summed E-state index contributed by atoms with van der Waals surface area (Å²) in [6.07, 6.45) is 6.55. The van der Waals surface area contributed by atoms with Crippen molar-refractivity contribution in [3.05, 3.63) is 29.3 Å². The van der Waals surface area contributed by atoms with E-state index >= 15 is 0 Å². The van der Waals surface area contributed by atoms with E-state index in [4.69, 9.17) is 9.47 Å². The second-order valence-electron chi connectivity index (χ2n) is 7.43. The van der Waals surface area contributed by atoms with Crippen molar-refractivity contribution >= 4 is 0 Å². The molecule has 4 atom stereocenters. The van der Waals surface area contributed by atoms with Crippen LogP contribution in [0.2, 0.25) is 0 Å². The van der Waals surface area contributed by atoms with E-state index in [1.165, 1.54) is 44.2 Å². The zero-order chi connectivity index (χ0) is 15.3. The van der Waals surface area contributed by atoms with E-state index < -0.39 is 0 Å². The smallest absolute Gasteiger partial charge is 0.119 e. The third kappa shape index (κ3) is 1.95. The molecule has 3 nitrogen and oxygen atoms in total. The Balaban J connectivity index is 1.85. The van der Waals surface area contributed by atoms with Gasteiger partial charge in [0.1, 0.15) is 5.75 Å². The molecule has 0 amide bonds. The highest BCUT2D eigenvalue weighted by atomic mass is 16.5. The van der Waals surface area contributed by atoms with E-state index in [9.17, 15) is 0 Å². The molecule has 0 N–H and O–H groups in total. The van der Waals surface area contributed by atoms with Gasteiger partial charge in [0, 0.05) is 18.6 Å². The van der Waals surface area contributed by atoms with E-state index in [0.717, 1.165) is 11.7 Å². The van der Waals surface area contributed by atoms with Gasteiger partial charge in [-0.3, -0.25) is 0 Å². The largest absolute Gasteiger partial charge is 0.497 e. The number of likely N-dealkylation sites (N-methyl/N-ethyl adjacent to an activating group) is 1. The van der Waals surface area contributed by atoms with Crippen LogP contribution >= 0.6 is 0 Å². The first kappa shape index (κ1) is 14.5. The van der Waals surface area contributed by atoms with Crippen LogP contribution in [0.15, 0.2) is 18.2 Å². The van der Waals surface area contributed by atoms with Crippen molar-refractivity contribution in [2.24, 2.45) is 5.92 Å². The van der Waals surface area contributed by atoms with Crippen molar-refractivity contribution in [2.75, 3.05) is 27.8 Å². The van der Waals surface area contributed by atoms with Gasteiger partial charge in [-0.2, -0.15) is 0 Å². The van der Waals surface area contributed by atoms with Crippen molar-refractivity contribution in [3.8, 4) is 5.75 Å². The van der Waals surface area contributed by atoms with Crippen molar-refractivity contribution in [1.29, 1.82) is 0 Å². The molecule has 1 aromatic rings. The lowest BCUT2D eigenvalue weighted by molar-refractivity contribution is -0.0522. The van der Waals surface area contributed by atoms with Gasteiger partial charge in [-0.15, -0.1) is 0 Å². The fourth-order valence-corrected chi connectivity index (χ4v) is 5.49. The summed E-state index contributed by atoms with van der Waals surface area (Å²) >= 11 is 0. The first-order valence-electron chi connectivity index (χ1n) is 8.58. The van der Waals surface area contributed by atoms with Gasteiger partial charge in [0.25, 0.3) is 0 Å². The molecule has 4 rings (SSSR count). The molecule has 1 saturated heterocycles. The molecule has 120 valence electrons. The third-order valence-corrected chi connectivity index (χ3v) is 6.66. The maximum absolute atomic E-state index is 5.78. The minimum Gasteiger partial charge on any atom is -0.497 e. The van der Waals surface area contributed by atoms with Crippen LogP contribution in [0.25, 0.3) is 0 Å². The number of ether oxygens (including phenoxy) is 2. The Morgan fingerprint density at radius 1 is 1.23 bits per heavy atom. The van der Waals surface area contributed by atoms with Gasteiger partial charge in [0.15, 0.2) is 0 Å². The number of likely N-dealkylation sites (tertiary alicyclic amines) is 1. The molecular formula is C19H27NO2. The molecule has 1 heterocycles. The van der Waals surface area contributed by atoms with Gasteiger partial charge in [-0.1, -0.05) is 6.07 Å². The van der Waals surface area contributed by atoms with Crippen molar-refractivity contribution in [1.82, 2.24) is 4.90 Å². The fourth-order valence-electron chi connectivity index (χ4n) is 5.49.